The number of aliphatic hydroxyl groups is 1. The zero-order valence-corrected chi connectivity index (χ0v) is 13.1. The molecule has 1 aliphatic rings. The first-order chi connectivity index (χ1) is 11.3. The Hall–Kier alpha value is -2.35. The van der Waals surface area contributed by atoms with E-state index in [0.717, 1.165) is 5.69 Å². The van der Waals surface area contributed by atoms with Crippen LogP contribution in [0.25, 0.3) is 5.69 Å². The number of aromatic nitrogens is 3. The topological polar surface area (TPSA) is 80.0 Å². The molecule has 0 saturated heterocycles. The highest BCUT2D eigenvalue weighted by atomic mass is 19.3. The summed E-state index contributed by atoms with van der Waals surface area (Å²) >= 11 is 0. The van der Waals surface area contributed by atoms with E-state index in [-0.39, 0.29) is 12.8 Å². The summed E-state index contributed by atoms with van der Waals surface area (Å²) < 4.78 is 29.7. The smallest absolute Gasteiger partial charge is 0.352 e. The van der Waals surface area contributed by atoms with Crippen molar-refractivity contribution in [3.8, 4) is 5.69 Å². The first-order valence-electron chi connectivity index (χ1n) is 7.70. The van der Waals surface area contributed by atoms with Gasteiger partial charge in [0.15, 0.2) is 0 Å². The summed E-state index contributed by atoms with van der Waals surface area (Å²) in [7, 11) is 0. The minimum atomic E-state index is -3.79. The van der Waals surface area contributed by atoms with Crippen LogP contribution in [0.5, 0.6) is 0 Å². The van der Waals surface area contributed by atoms with E-state index in [2.05, 4.69) is 15.4 Å². The number of benzene rings is 1. The van der Waals surface area contributed by atoms with Crippen LogP contribution in [0.4, 0.5) is 8.78 Å². The summed E-state index contributed by atoms with van der Waals surface area (Å²) in [4.78, 5) is 15.7. The molecule has 1 aromatic carbocycles. The Labute approximate surface area is 137 Å². The molecule has 6 nitrogen and oxygen atoms in total. The number of alkyl halides is 2. The maximum atomic E-state index is 14.1. The van der Waals surface area contributed by atoms with Crippen LogP contribution in [0.3, 0.4) is 0 Å². The molecule has 1 fully saturated rings. The second-order valence-electron chi connectivity index (χ2n) is 6.09. The molecule has 0 aliphatic heterocycles. The van der Waals surface area contributed by atoms with Gasteiger partial charge in [0, 0.05) is 0 Å². The third kappa shape index (κ3) is 2.77. The summed E-state index contributed by atoms with van der Waals surface area (Å²) in [5, 5.41) is 16.1. The highest BCUT2D eigenvalue weighted by Gasteiger charge is 2.61. The fourth-order valence-electron chi connectivity index (χ4n) is 2.66. The number of carbonyl (C=O) groups is 1. The Bertz CT molecular complexity index is 712. The van der Waals surface area contributed by atoms with Crippen LogP contribution in [0, 0.1) is 0 Å². The molecule has 0 spiro atoms. The third-order valence-corrected chi connectivity index (χ3v) is 4.47. The predicted octanol–water partition coefficient (Wildman–Crippen LogP) is 1.99. The fourth-order valence-corrected chi connectivity index (χ4v) is 2.66. The van der Waals surface area contributed by atoms with E-state index < -0.39 is 23.5 Å². The minimum Gasteiger partial charge on any atom is -0.383 e. The van der Waals surface area contributed by atoms with Gasteiger partial charge in [-0.3, -0.25) is 4.79 Å². The van der Waals surface area contributed by atoms with Crippen LogP contribution in [0.2, 0.25) is 0 Å². The van der Waals surface area contributed by atoms with Gasteiger partial charge in [-0.1, -0.05) is 12.1 Å². The normalized spacial score (nSPS) is 17.8. The third-order valence-electron chi connectivity index (χ3n) is 4.47. The lowest BCUT2D eigenvalue weighted by Crippen LogP contribution is -2.60. The number of carbonyl (C=O) groups excluding carboxylic acids is 1. The van der Waals surface area contributed by atoms with Crippen molar-refractivity contribution in [2.45, 2.75) is 43.8 Å². The molecular weight excluding hydrogens is 318 g/mol. The Morgan fingerprint density at radius 3 is 2.54 bits per heavy atom. The van der Waals surface area contributed by atoms with Crippen LogP contribution in [0.1, 0.15) is 37.8 Å². The molecular formula is C16H18F2N4O2. The summed E-state index contributed by atoms with van der Waals surface area (Å²) in [6.07, 6.45) is 3.32. The number of nitrogens with zero attached hydrogens (tertiary/aromatic N) is 3. The first-order valence-corrected chi connectivity index (χ1v) is 7.70. The van der Waals surface area contributed by atoms with E-state index >= 15 is 0 Å². The molecule has 24 heavy (non-hydrogen) atoms. The minimum absolute atomic E-state index is 0.0611. The molecule has 1 saturated carbocycles. The van der Waals surface area contributed by atoms with Gasteiger partial charge in [0.2, 0.25) is 0 Å². The second-order valence-corrected chi connectivity index (χ2v) is 6.09. The molecule has 2 aromatic rings. The van der Waals surface area contributed by atoms with E-state index in [1.165, 1.54) is 6.33 Å². The quantitative estimate of drug-likeness (QED) is 0.875. The van der Waals surface area contributed by atoms with Gasteiger partial charge in [-0.25, -0.2) is 9.67 Å². The fraction of sp³-hybridized carbons (Fsp3) is 0.438. The second kappa shape index (κ2) is 5.94. The molecule has 1 heterocycles. The van der Waals surface area contributed by atoms with Crippen molar-refractivity contribution in [1.29, 1.82) is 0 Å². The van der Waals surface area contributed by atoms with E-state index in [1.807, 2.05) is 0 Å². The van der Waals surface area contributed by atoms with Crippen LogP contribution < -0.4 is 5.32 Å². The lowest BCUT2D eigenvalue weighted by atomic mass is 9.75. The van der Waals surface area contributed by atoms with Crippen LogP contribution in [0.15, 0.2) is 36.9 Å². The van der Waals surface area contributed by atoms with E-state index in [1.54, 1.807) is 42.2 Å². The highest BCUT2D eigenvalue weighted by molar-refractivity contribution is 5.85. The molecule has 2 N–H and O–H groups in total. The summed E-state index contributed by atoms with van der Waals surface area (Å²) in [6.45, 7) is 1.61. The lowest BCUT2D eigenvalue weighted by molar-refractivity contribution is -0.216. The molecule has 1 aromatic heterocycles. The van der Waals surface area contributed by atoms with Gasteiger partial charge < -0.3 is 10.4 Å². The zero-order chi connectivity index (χ0) is 17.4. The largest absolute Gasteiger partial charge is 0.383 e. The van der Waals surface area contributed by atoms with E-state index in [9.17, 15) is 18.7 Å². The van der Waals surface area contributed by atoms with Gasteiger partial charge in [0.1, 0.15) is 18.3 Å². The van der Waals surface area contributed by atoms with Gasteiger partial charge in [-0.05, 0) is 43.9 Å². The molecule has 1 amide bonds. The molecule has 1 unspecified atom stereocenters. The van der Waals surface area contributed by atoms with Crippen LogP contribution in [-0.2, 0) is 4.79 Å². The number of rotatable bonds is 5. The maximum absolute atomic E-state index is 14.1. The van der Waals surface area contributed by atoms with Crippen LogP contribution in [-0.4, -0.2) is 37.3 Å². The molecule has 128 valence electrons. The Morgan fingerprint density at radius 2 is 2.04 bits per heavy atom. The number of hydrogen-bond acceptors (Lipinski definition) is 4. The van der Waals surface area contributed by atoms with Crippen molar-refractivity contribution in [1.82, 2.24) is 20.1 Å². The maximum Gasteiger partial charge on any atom is 0.352 e. The van der Waals surface area contributed by atoms with Crippen LogP contribution >= 0.6 is 0 Å². The highest BCUT2D eigenvalue weighted by Crippen LogP contribution is 2.44. The van der Waals surface area contributed by atoms with Gasteiger partial charge in [-0.15, -0.1) is 0 Å². The van der Waals surface area contributed by atoms with Crippen molar-refractivity contribution in [3.05, 3.63) is 42.5 Å². The summed E-state index contributed by atoms with van der Waals surface area (Å²) in [5.41, 5.74) is -0.777. The SMILES string of the molecule is CC(NC(=O)C(F)(F)C1(O)CCC1)c1ccc(-n2cncn2)cc1. The molecule has 0 bridgehead atoms. The standard InChI is InChI=1S/C16H18F2N4O2/c1-11(21-14(23)16(17,18)15(24)7-2-8-15)12-3-5-13(6-4-12)22-10-19-9-20-22/h3-6,9-11,24H,2,7-8H2,1H3,(H,21,23). The van der Waals surface area contributed by atoms with E-state index in [0.29, 0.717) is 12.0 Å². The first kappa shape index (κ1) is 16.5. The van der Waals surface area contributed by atoms with Crippen molar-refractivity contribution in [2.75, 3.05) is 0 Å². The van der Waals surface area contributed by atoms with E-state index in [4.69, 9.17) is 0 Å². The van der Waals surface area contributed by atoms with Crippen molar-refractivity contribution in [2.24, 2.45) is 0 Å². The lowest BCUT2D eigenvalue weighted by Gasteiger charge is -2.41. The Kier molecular flexibility index (Phi) is 4.08. The predicted molar refractivity (Wildman–Crippen MR) is 81.7 cm³/mol. The van der Waals surface area contributed by atoms with Gasteiger partial charge >= 0.3 is 5.92 Å². The number of nitrogens with one attached hydrogen (secondary N) is 1. The molecule has 0 radical (unpaired) electrons. The zero-order valence-electron chi connectivity index (χ0n) is 13.1. The number of hydrogen-bond donors (Lipinski definition) is 2. The summed E-state index contributed by atoms with van der Waals surface area (Å²) in [6, 6.07) is 6.34. The van der Waals surface area contributed by atoms with Crippen molar-refractivity contribution >= 4 is 5.91 Å². The van der Waals surface area contributed by atoms with Gasteiger partial charge in [-0.2, -0.15) is 13.9 Å². The molecule has 3 rings (SSSR count). The monoisotopic (exact) mass is 336 g/mol. The Morgan fingerprint density at radius 1 is 1.38 bits per heavy atom. The molecule has 8 heteroatoms. The molecule has 1 atom stereocenters. The van der Waals surface area contributed by atoms with Gasteiger partial charge in [0.25, 0.3) is 5.91 Å². The Balaban J connectivity index is 1.68. The van der Waals surface area contributed by atoms with Crippen molar-refractivity contribution in [3.63, 3.8) is 0 Å². The number of halogens is 2. The average molecular weight is 336 g/mol. The van der Waals surface area contributed by atoms with Crippen molar-refractivity contribution < 1.29 is 18.7 Å². The summed E-state index contributed by atoms with van der Waals surface area (Å²) in [5.74, 6) is -5.24. The average Bonchev–Trinajstić information content (AvgIpc) is 3.06. The number of amides is 1. The molecule has 1 aliphatic carbocycles. The van der Waals surface area contributed by atoms with Gasteiger partial charge in [0.05, 0.1) is 11.7 Å².